The molecular formula is C29H38N4O3. The molecule has 2 aliphatic carbocycles. The molecule has 3 fully saturated rings. The zero-order chi connectivity index (χ0) is 25.3. The summed E-state index contributed by atoms with van der Waals surface area (Å²) in [5.74, 6) is 0.637. The summed E-state index contributed by atoms with van der Waals surface area (Å²) in [5.41, 5.74) is 1.71. The molecule has 36 heavy (non-hydrogen) atoms. The zero-order valence-electron chi connectivity index (χ0n) is 21.5. The maximum Gasteiger partial charge on any atom is 0.321 e. The topological polar surface area (TPSA) is 77.0 Å². The minimum atomic E-state index is -0.210. The number of ketones is 1. The summed E-state index contributed by atoms with van der Waals surface area (Å²) >= 11 is 0. The molecule has 0 bridgehead atoms. The molecule has 2 amide bonds. The van der Waals surface area contributed by atoms with Gasteiger partial charge in [0.2, 0.25) is 0 Å². The number of amides is 2. The second-order valence-electron chi connectivity index (χ2n) is 11.3. The van der Waals surface area contributed by atoms with Gasteiger partial charge in [-0.15, -0.1) is 0 Å². The minimum absolute atomic E-state index is 0.0194. The lowest BCUT2D eigenvalue weighted by atomic mass is 9.68. The number of aromatic hydroxyl groups is 1. The third-order valence-corrected chi connectivity index (χ3v) is 8.95. The monoisotopic (exact) mass is 490 g/mol. The summed E-state index contributed by atoms with van der Waals surface area (Å²) in [6.45, 7) is 1.54. The molecule has 0 atom stereocenters. The SMILES string of the molecule is CN(C)C1(c2ccccc2)CCC2(CC1)CN(CC(=O)Cc1ccc(O)cn1)C(=O)N2CC1CCC1. The van der Waals surface area contributed by atoms with Crippen molar-refractivity contribution in [3.8, 4) is 5.75 Å². The van der Waals surface area contributed by atoms with Gasteiger partial charge >= 0.3 is 6.03 Å². The second kappa shape index (κ2) is 9.85. The van der Waals surface area contributed by atoms with Crippen molar-refractivity contribution in [2.75, 3.05) is 33.7 Å². The van der Waals surface area contributed by atoms with Gasteiger partial charge in [-0.1, -0.05) is 36.8 Å². The van der Waals surface area contributed by atoms with E-state index in [1.165, 1.54) is 37.1 Å². The molecule has 2 heterocycles. The van der Waals surface area contributed by atoms with E-state index in [9.17, 15) is 14.7 Å². The maximum atomic E-state index is 13.7. The Morgan fingerprint density at radius 3 is 2.39 bits per heavy atom. The van der Waals surface area contributed by atoms with E-state index in [4.69, 9.17) is 0 Å². The summed E-state index contributed by atoms with van der Waals surface area (Å²) in [4.78, 5) is 37.0. The van der Waals surface area contributed by atoms with E-state index in [1.54, 1.807) is 11.0 Å². The fraction of sp³-hybridized carbons (Fsp3) is 0.552. The number of benzene rings is 1. The molecule has 1 spiro atoms. The number of aromatic nitrogens is 1. The molecule has 7 nitrogen and oxygen atoms in total. The van der Waals surface area contributed by atoms with Crippen molar-refractivity contribution in [2.45, 2.75) is 62.4 Å². The fourth-order valence-electron chi connectivity index (χ4n) is 6.50. The van der Waals surface area contributed by atoms with Crippen molar-refractivity contribution in [1.29, 1.82) is 0 Å². The Morgan fingerprint density at radius 1 is 1.08 bits per heavy atom. The Balaban J connectivity index is 1.33. The van der Waals surface area contributed by atoms with E-state index in [0.717, 1.165) is 32.2 Å². The predicted octanol–water partition coefficient (Wildman–Crippen LogP) is 4.21. The van der Waals surface area contributed by atoms with Gasteiger partial charge in [0.05, 0.1) is 24.7 Å². The van der Waals surface area contributed by atoms with Gasteiger partial charge < -0.3 is 14.9 Å². The van der Waals surface area contributed by atoms with Gasteiger partial charge in [0.1, 0.15) is 5.75 Å². The Bertz CT molecular complexity index is 1070. The number of hydrogen-bond acceptors (Lipinski definition) is 5. The summed E-state index contributed by atoms with van der Waals surface area (Å²) in [6.07, 6.45) is 8.98. The van der Waals surface area contributed by atoms with Gasteiger partial charge in [0.15, 0.2) is 5.78 Å². The van der Waals surface area contributed by atoms with Gasteiger partial charge in [0, 0.05) is 24.3 Å². The number of carbonyl (C=O) groups excluding carboxylic acids is 2. The van der Waals surface area contributed by atoms with Crippen LogP contribution in [0.3, 0.4) is 0 Å². The molecule has 2 aromatic rings. The van der Waals surface area contributed by atoms with Crippen LogP contribution in [0.1, 0.15) is 56.2 Å². The van der Waals surface area contributed by atoms with Crippen LogP contribution in [0.25, 0.3) is 0 Å². The van der Waals surface area contributed by atoms with E-state index in [2.05, 4.69) is 59.2 Å². The zero-order valence-corrected chi connectivity index (χ0v) is 21.5. The van der Waals surface area contributed by atoms with Gasteiger partial charge in [-0.3, -0.25) is 14.7 Å². The molecule has 5 rings (SSSR count). The molecule has 1 aromatic heterocycles. The summed E-state index contributed by atoms with van der Waals surface area (Å²) < 4.78 is 0. The Labute approximate surface area is 214 Å². The highest BCUT2D eigenvalue weighted by Crippen LogP contribution is 2.49. The first kappa shape index (κ1) is 24.8. The van der Waals surface area contributed by atoms with E-state index in [0.29, 0.717) is 18.2 Å². The average Bonchev–Trinajstić information content (AvgIpc) is 3.08. The molecule has 1 saturated heterocycles. The first-order valence-electron chi connectivity index (χ1n) is 13.3. The molecule has 192 valence electrons. The summed E-state index contributed by atoms with van der Waals surface area (Å²) in [5, 5.41) is 9.46. The fourth-order valence-corrected chi connectivity index (χ4v) is 6.50. The minimum Gasteiger partial charge on any atom is -0.506 e. The van der Waals surface area contributed by atoms with Crippen molar-refractivity contribution in [1.82, 2.24) is 19.7 Å². The molecule has 3 aliphatic rings. The van der Waals surface area contributed by atoms with Crippen LogP contribution >= 0.6 is 0 Å². The second-order valence-corrected chi connectivity index (χ2v) is 11.3. The van der Waals surface area contributed by atoms with Crippen molar-refractivity contribution in [3.63, 3.8) is 0 Å². The normalized spacial score (nSPS) is 26.6. The van der Waals surface area contributed by atoms with Crippen molar-refractivity contribution in [3.05, 3.63) is 59.9 Å². The lowest BCUT2D eigenvalue weighted by Crippen LogP contribution is -2.56. The Hall–Kier alpha value is -2.93. The highest BCUT2D eigenvalue weighted by atomic mass is 16.3. The quantitative estimate of drug-likeness (QED) is 0.600. The third-order valence-electron chi connectivity index (χ3n) is 8.95. The molecule has 1 aliphatic heterocycles. The van der Waals surface area contributed by atoms with Crippen LogP contribution < -0.4 is 0 Å². The largest absolute Gasteiger partial charge is 0.506 e. The van der Waals surface area contributed by atoms with Crippen LogP contribution in [-0.2, 0) is 16.8 Å². The smallest absolute Gasteiger partial charge is 0.321 e. The highest BCUT2D eigenvalue weighted by molar-refractivity contribution is 5.88. The standard InChI is InChI=1S/C29H38N4O3/c1-31(2)29(23-9-4-3-5-10-23)15-13-28(14-16-29)21-32(27(36)33(28)19-22-7-6-8-22)20-26(35)17-24-11-12-25(34)18-30-24/h3-5,9-12,18,22,34H,6-8,13-17,19-21H2,1-2H3. The van der Waals surface area contributed by atoms with Crippen LogP contribution in [0, 0.1) is 5.92 Å². The maximum absolute atomic E-state index is 13.7. The lowest BCUT2D eigenvalue weighted by Gasteiger charge is -2.51. The molecule has 1 aromatic carbocycles. The van der Waals surface area contributed by atoms with E-state index >= 15 is 0 Å². The van der Waals surface area contributed by atoms with Gasteiger partial charge in [0.25, 0.3) is 0 Å². The Morgan fingerprint density at radius 2 is 1.81 bits per heavy atom. The van der Waals surface area contributed by atoms with Crippen LogP contribution in [0.15, 0.2) is 48.7 Å². The number of Topliss-reactive ketones (excluding diaryl/α,β-unsaturated/α-hetero) is 1. The summed E-state index contributed by atoms with van der Waals surface area (Å²) in [6, 6.07) is 14.0. The lowest BCUT2D eigenvalue weighted by molar-refractivity contribution is -0.119. The van der Waals surface area contributed by atoms with E-state index in [-0.39, 0.29) is 41.6 Å². The first-order chi connectivity index (χ1) is 17.3. The number of pyridine rings is 1. The van der Waals surface area contributed by atoms with Crippen molar-refractivity contribution in [2.24, 2.45) is 5.92 Å². The first-order valence-corrected chi connectivity index (χ1v) is 13.3. The summed E-state index contributed by atoms with van der Waals surface area (Å²) in [7, 11) is 4.33. The van der Waals surface area contributed by atoms with Gasteiger partial charge in [-0.05, 0) is 76.2 Å². The van der Waals surface area contributed by atoms with Crippen molar-refractivity contribution < 1.29 is 14.7 Å². The van der Waals surface area contributed by atoms with E-state index < -0.39 is 0 Å². The molecular weight excluding hydrogens is 452 g/mol. The molecule has 0 radical (unpaired) electrons. The van der Waals surface area contributed by atoms with Crippen LogP contribution in [0.4, 0.5) is 4.79 Å². The van der Waals surface area contributed by atoms with Crippen LogP contribution in [0.5, 0.6) is 5.75 Å². The van der Waals surface area contributed by atoms with Crippen LogP contribution in [-0.4, -0.2) is 75.9 Å². The van der Waals surface area contributed by atoms with Gasteiger partial charge in [-0.25, -0.2) is 4.79 Å². The van der Waals surface area contributed by atoms with Crippen molar-refractivity contribution >= 4 is 11.8 Å². The molecule has 0 unspecified atom stereocenters. The number of carbonyl (C=O) groups is 2. The number of urea groups is 1. The molecule has 2 saturated carbocycles. The number of nitrogens with zero attached hydrogens (tertiary/aromatic N) is 4. The van der Waals surface area contributed by atoms with E-state index in [1.807, 2.05) is 0 Å². The highest BCUT2D eigenvalue weighted by Gasteiger charge is 2.55. The third kappa shape index (κ3) is 4.61. The average molecular weight is 491 g/mol. The Kier molecular flexibility index (Phi) is 6.77. The number of rotatable bonds is 8. The molecule has 1 N–H and O–H groups in total. The predicted molar refractivity (Wildman–Crippen MR) is 139 cm³/mol. The van der Waals surface area contributed by atoms with Gasteiger partial charge in [-0.2, -0.15) is 0 Å². The molecule has 7 heteroatoms. The van der Waals surface area contributed by atoms with Crippen LogP contribution in [0.2, 0.25) is 0 Å². The number of hydrogen-bond donors (Lipinski definition) is 1.